The zero-order chi connectivity index (χ0) is 19.1. The fraction of sp³-hybridized carbons (Fsp3) is 0.381. The minimum absolute atomic E-state index is 0. The van der Waals surface area contributed by atoms with Gasteiger partial charge in [-0.3, -0.25) is 4.99 Å². The first-order valence-electron chi connectivity index (χ1n) is 9.44. The van der Waals surface area contributed by atoms with Gasteiger partial charge in [0.15, 0.2) is 5.96 Å². The molecule has 0 saturated carbocycles. The molecule has 1 fully saturated rings. The average Bonchev–Trinajstić information content (AvgIpc) is 3.16. The van der Waals surface area contributed by atoms with E-state index in [0.717, 1.165) is 37.6 Å². The third kappa shape index (κ3) is 6.53. The van der Waals surface area contributed by atoms with Crippen LogP contribution >= 0.6 is 35.6 Å². The van der Waals surface area contributed by atoms with Gasteiger partial charge in [0.1, 0.15) is 0 Å². The van der Waals surface area contributed by atoms with Crippen LogP contribution in [0.15, 0.2) is 59.6 Å². The number of nitrogens with zero attached hydrogens (tertiary/aromatic N) is 2. The predicted molar refractivity (Wildman–Crippen MR) is 128 cm³/mol. The third-order valence-electron chi connectivity index (χ3n) is 4.67. The summed E-state index contributed by atoms with van der Waals surface area (Å²) in [6, 6.07) is 18.0. The van der Waals surface area contributed by atoms with Crippen LogP contribution in [-0.4, -0.2) is 43.3 Å². The Morgan fingerprint density at radius 1 is 1.21 bits per heavy atom. The molecule has 3 N–H and O–H groups in total. The molecule has 1 aliphatic rings. The maximum atomic E-state index is 10.4. The number of aliphatic hydroxyl groups is 1. The first kappa shape index (κ1) is 22.8. The summed E-state index contributed by atoms with van der Waals surface area (Å²) in [5.41, 5.74) is 2.07. The van der Waals surface area contributed by atoms with Crippen LogP contribution in [0.25, 0.3) is 0 Å². The lowest BCUT2D eigenvalue weighted by molar-refractivity contribution is 0.187. The lowest BCUT2D eigenvalue weighted by atomic mass is 10.1. The summed E-state index contributed by atoms with van der Waals surface area (Å²) < 4.78 is 0. The Morgan fingerprint density at radius 3 is 2.61 bits per heavy atom. The number of guanidine groups is 1. The van der Waals surface area contributed by atoms with E-state index in [4.69, 9.17) is 11.6 Å². The Kier molecular flexibility index (Phi) is 9.34. The van der Waals surface area contributed by atoms with E-state index < -0.39 is 6.10 Å². The zero-order valence-corrected chi connectivity index (χ0v) is 19.1. The highest BCUT2D eigenvalue weighted by atomic mass is 127. The molecule has 2 atom stereocenters. The van der Waals surface area contributed by atoms with Gasteiger partial charge < -0.3 is 20.6 Å². The summed E-state index contributed by atoms with van der Waals surface area (Å²) in [6.07, 6.45) is 0.404. The molecule has 152 valence electrons. The number of halogens is 2. The molecule has 0 radical (unpaired) electrons. The van der Waals surface area contributed by atoms with Crippen molar-refractivity contribution in [2.75, 3.05) is 31.1 Å². The molecule has 5 nitrogen and oxygen atoms in total. The topological polar surface area (TPSA) is 59.9 Å². The predicted octanol–water partition coefficient (Wildman–Crippen LogP) is 3.83. The van der Waals surface area contributed by atoms with E-state index >= 15 is 0 Å². The van der Waals surface area contributed by atoms with Crippen molar-refractivity contribution in [1.29, 1.82) is 0 Å². The van der Waals surface area contributed by atoms with E-state index in [-0.39, 0.29) is 24.0 Å². The van der Waals surface area contributed by atoms with Gasteiger partial charge in [-0.15, -0.1) is 24.0 Å². The van der Waals surface area contributed by atoms with Gasteiger partial charge in [0.05, 0.1) is 12.6 Å². The summed E-state index contributed by atoms with van der Waals surface area (Å²) >= 11 is 5.90. The van der Waals surface area contributed by atoms with Crippen LogP contribution < -0.4 is 15.5 Å². The second kappa shape index (κ2) is 11.5. The second-order valence-electron chi connectivity index (χ2n) is 6.70. The van der Waals surface area contributed by atoms with Gasteiger partial charge in [-0.25, -0.2) is 0 Å². The molecule has 1 saturated heterocycles. The number of aliphatic imine (C=N–C) groups is 1. The fourth-order valence-corrected chi connectivity index (χ4v) is 3.36. The number of aliphatic hydroxyl groups excluding tert-OH is 1. The Balaban J connectivity index is 0.00000280. The van der Waals surface area contributed by atoms with Gasteiger partial charge in [0.2, 0.25) is 0 Å². The highest BCUT2D eigenvalue weighted by molar-refractivity contribution is 14.0. The Bertz CT molecular complexity index is 742. The fourth-order valence-electron chi connectivity index (χ4n) is 3.23. The van der Waals surface area contributed by atoms with Crippen molar-refractivity contribution in [1.82, 2.24) is 10.6 Å². The van der Waals surface area contributed by atoms with Crippen molar-refractivity contribution < 1.29 is 5.11 Å². The highest BCUT2D eigenvalue weighted by Gasteiger charge is 2.23. The van der Waals surface area contributed by atoms with Gasteiger partial charge in [-0.05, 0) is 43.2 Å². The normalized spacial score (nSPS) is 17.8. The Hall–Kier alpha value is -1.51. The molecule has 28 heavy (non-hydrogen) atoms. The molecule has 1 heterocycles. The molecule has 2 aromatic carbocycles. The number of rotatable bonds is 6. The summed E-state index contributed by atoms with van der Waals surface area (Å²) in [6.45, 7) is 5.07. The minimum Gasteiger partial charge on any atom is -0.386 e. The van der Waals surface area contributed by atoms with Gasteiger partial charge >= 0.3 is 0 Å². The molecule has 7 heteroatoms. The summed E-state index contributed by atoms with van der Waals surface area (Å²) in [5, 5.41) is 17.8. The average molecular weight is 515 g/mol. The van der Waals surface area contributed by atoms with Crippen molar-refractivity contribution >= 4 is 47.2 Å². The Labute approximate surface area is 189 Å². The minimum atomic E-state index is -0.651. The van der Waals surface area contributed by atoms with Crippen LogP contribution in [-0.2, 0) is 0 Å². The molecule has 3 rings (SSSR count). The van der Waals surface area contributed by atoms with E-state index in [1.165, 1.54) is 5.69 Å². The second-order valence-corrected chi connectivity index (χ2v) is 7.13. The van der Waals surface area contributed by atoms with E-state index in [0.29, 0.717) is 17.6 Å². The van der Waals surface area contributed by atoms with E-state index in [1.54, 1.807) is 12.1 Å². The van der Waals surface area contributed by atoms with Crippen LogP contribution in [0.4, 0.5) is 5.69 Å². The number of anilines is 1. The smallest absolute Gasteiger partial charge is 0.191 e. The van der Waals surface area contributed by atoms with Gasteiger partial charge in [-0.2, -0.15) is 0 Å². The monoisotopic (exact) mass is 514 g/mol. The number of hydrogen-bond acceptors (Lipinski definition) is 3. The molecule has 1 aliphatic heterocycles. The molecular formula is C21H28ClIN4O. The zero-order valence-electron chi connectivity index (χ0n) is 16.0. The molecule has 2 unspecified atom stereocenters. The number of hydrogen-bond donors (Lipinski definition) is 3. The molecule has 0 amide bonds. The van der Waals surface area contributed by atoms with Crippen molar-refractivity contribution in [3.63, 3.8) is 0 Å². The standard InChI is InChI=1S/C21H27ClN4O.HI/c1-2-23-21(24-14-20(27)16-8-10-17(22)11-9-16)25-18-12-13-26(15-18)19-6-4-3-5-7-19;/h3-11,18,20,27H,2,12-15H2,1H3,(H2,23,24,25);1H. The van der Waals surface area contributed by atoms with Crippen LogP contribution in [0.5, 0.6) is 0 Å². The lowest BCUT2D eigenvalue weighted by Crippen LogP contribution is -2.44. The van der Waals surface area contributed by atoms with Gasteiger partial charge in [-0.1, -0.05) is 41.9 Å². The van der Waals surface area contributed by atoms with Crippen LogP contribution in [0, 0.1) is 0 Å². The van der Waals surface area contributed by atoms with E-state index in [9.17, 15) is 5.11 Å². The van der Waals surface area contributed by atoms with Crippen LogP contribution in [0.3, 0.4) is 0 Å². The first-order chi connectivity index (χ1) is 13.2. The van der Waals surface area contributed by atoms with Crippen molar-refractivity contribution in [2.45, 2.75) is 25.5 Å². The number of para-hydroxylation sites is 1. The van der Waals surface area contributed by atoms with Gasteiger partial charge in [0.25, 0.3) is 0 Å². The maximum absolute atomic E-state index is 10.4. The van der Waals surface area contributed by atoms with Crippen LogP contribution in [0.1, 0.15) is 25.0 Å². The third-order valence-corrected chi connectivity index (χ3v) is 4.92. The summed E-state index contributed by atoms with van der Waals surface area (Å²) in [5.74, 6) is 0.741. The van der Waals surface area contributed by atoms with Crippen molar-refractivity contribution in [3.8, 4) is 0 Å². The van der Waals surface area contributed by atoms with Crippen molar-refractivity contribution in [3.05, 3.63) is 65.2 Å². The molecule has 0 aromatic heterocycles. The van der Waals surface area contributed by atoms with E-state index in [1.807, 2.05) is 25.1 Å². The SMILES string of the molecule is CCNC(=NCC(O)c1ccc(Cl)cc1)NC1CCN(c2ccccc2)C1.I. The summed E-state index contributed by atoms with van der Waals surface area (Å²) in [7, 11) is 0. The molecule has 0 aliphatic carbocycles. The lowest BCUT2D eigenvalue weighted by Gasteiger charge is -2.20. The van der Waals surface area contributed by atoms with Crippen LogP contribution in [0.2, 0.25) is 5.02 Å². The van der Waals surface area contributed by atoms with Gasteiger partial charge in [0, 0.05) is 36.4 Å². The Morgan fingerprint density at radius 2 is 1.93 bits per heavy atom. The molecule has 0 bridgehead atoms. The molecule has 2 aromatic rings. The van der Waals surface area contributed by atoms with Crippen molar-refractivity contribution in [2.24, 2.45) is 4.99 Å². The number of benzene rings is 2. The maximum Gasteiger partial charge on any atom is 0.191 e. The quantitative estimate of drug-likeness (QED) is 0.312. The number of nitrogens with one attached hydrogen (secondary N) is 2. The highest BCUT2D eigenvalue weighted by Crippen LogP contribution is 2.20. The summed E-state index contributed by atoms with van der Waals surface area (Å²) in [4.78, 5) is 6.95. The molecular weight excluding hydrogens is 487 g/mol. The molecule has 0 spiro atoms. The van der Waals surface area contributed by atoms with E-state index in [2.05, 4.69) is 44.8 Å². The largest absolute Gasteiger partial charge is 0.386 e. The first-order valence-corrected chi connectivity index (χ1v) is 9.82.